The number of methoxy groups -OCH3 is 1. The van der Waals surface area contributed by atoms with E-state index in [-0.39, 0.29) is 18.0 Å². The predicted octanol–water partition coefficient (Wildman–Crippen LogP) is 3.44. The van der Waals surface area contributed by atoms with Gasteiger partial charge >= 0.3 is 0 Å². The monoisotopic (exact) mass is 424 g/mol. The Balaban J connectivity index is 1.84. The van der Waals surface area contributed by atoms with Gasteiger partial charge in [0, 0.05) is 24.1 Å². The van der Waals surface area contributed by atoms with Gasteiger partial charge in [-0.05, 0) is 68.8 Å². The lowest BCUT2D eigenvalue weighted by atomic mass is 9.85. The fourth-order valence-corrected chi connectivity index (χ4v) is 5.97. The van der Waals surface area contributed by atoms with Crippen LogP contribution in [0, 0.1) is 12.7 Å². The first kappa shape index (κ1) is 19.5. The van der Waals surface area contributed by atoms with E-state index in [1.54, 1.807) is 11.7 Å². The standard InChI is InChI=1S/C23H22FN2O3P/c1-12-13-5-4-6-14-15-9-26-19(22(15)25-18(21(13)14)7-17(12)24)8-20(30(3)11-27)16(10-29-2)23(26)28/h7-8,11H,4-6,9-10H2,1-3H3. The Hall–Kier alpha value is -2.43. The summed E-state index contributed by atoms with van der Waals surface area (Å²) < 4.78 is 21.6. The lowest BCUT2D eigenvalue weighted by molar-refractivity contribution is 0.184. The molecule has 0 saturated carbocycles. The topological polar surface area (TPSA) is 61.2 Å². The number of ether oxygens (including phenoxy) is 1. The Kier molecular flexibility index (Phi) is 4.60. The van der Waals surface area contributed by atoms with Gasteiger partial charge < -0.3 is 9.30 Å². The van der Waals surface area contributed by atoms with Crippen LogP contribution in [-0.2, 0) is 35.5 Å². The lowest BCUT2D eigenvalue weighted by Crippen LogP contribution is -2.30. The van der Waals surface area contributed by atoms with Crippen LogP contribution in [0.15, 0.2) is 16.9 Å². The predicted molar refractivity (Wildman–Crippen MR) is 117 cm³/mol. The highest BCUT2D eigenvalue weighted by Crippen LogP contribution is 2.41. The van der Waals surface area contributed by atoms with E-state index in [0.717, 1.165) is 52.8 Å². The summed E-state index contributed by atoms with van der Waals surface area (Å²) in [5.41, 5.74) is 6.50. The van der Waals surface area contributed by atoms with Crippen molar-refractivity contribution in [2.75, 3.05) is 13.8 Å². The smallest absolute Gasteiger partial charge is 0.257 e. The molecule has 5 rings (SSSR count). The summed E-state index contributed by atoms with van der Waals surface area (Å²) in [7, 11) is 0.418. The molecule has 0 N–H and O–H groups in total. The number of aryl methyl sites for hydroxylation is 2. The zero-order valence-electron chi connectivity index (χ0n) is 17.2. The minimum Gasteiger partial charge on any atom is -0.380 e. The third kappa shape index (κ3) is 2.63. The molecule has 0 radical (unpaired) electrons. The molecule has 0 bridgehead atoms. The highest BCUT2D eigenvalue weighted by molar-refractivity contribution is 7.78. The van der Waals surface area contributed by atoms with Gasteiger partial charge in [-0.3, -0.25) is 9.59 Å². The average molecular weight is 424 g/mol. The Morgan fingerprint density at radius 3 is 2.77 bits per heavy atom. The maximum Gasteiger partial charge on any atom is 0.257 e. The molecule has 0 fully saturated rings. The van der Waals surface area contributed by atoms with E-state index >= 15 is 0 Å². The number of carbonyl (C=O) groups is 1. The molecule has 1 aliphatic heterocycles. The third-order valence-corrected chi connectivity index (χ3v) is 7.91. The first-order valence-electron chi connectivity index (χ1n) is 10.0. The van der Waals surface area contributed by atoms with Crippen molar-refractivity contribution in [2.24, 2.45) is 0 Å². The van der Waals surface area contributed by atoms with Crippen LogP contribution in [0.2, 0.25) is 0 Å². The van der Waals surface area contributed by atoms with Gasteiger partial charge in [-0.15, -0.1) is 0 Å². The number of hydrogen-bond donors (Lipinski definition) is 0. The molecule has 0 amide bonds. The van der Waals surface area contributed by atoms with E-state index in [1.165, 1.54) is 11.6 Å². The van der Waals surface area contributed by atoms with Crippen molar-refractivity contribution in [3.63, 3.8) is 0 Å². The first-order chi connectivity index (χ1) is 14.5. The molecular weight excluding hydrogens is 402 g/mol. The minimum absolute atomic E-state index is 0.131. The summed E-state index contributed by atoms with van der Waals surface area (Å²) in [6.07, 6.45) is 2.70. The minimum atomic E-state index is -1.13. The summed E-state index contributed by atoms with van der Waals surface area (Å²) in [5.74, 6) is -0.234. The van der Waals surface area contributed by atoms with Crippen LogP contribution in [0.5, 0.6) is 0 Å². The van der Waals surface area contributed by atoms with Gasteiger partial charge in [0.15, 0.2) is 0 Å². The quantitative estimate of drug-likeness (QED) is 0.372. The highest BCUT2D eigenvalue weighted by Gasteiger charge is 2.31. The van der Waals surface area contributed by atoms with Crippen molar-refractivity contribution in [1.82, 2.24) is 9.55 Å². The largest absolute Gasteiger partial charge is 0.380 e. The zero-order chi connectivity index (χ0) is 21.2. The lowest BCUT2D eigenvalue weighted by Gasteiger charge is -2.21. The molecule has 0 saturated heterocycles. The first-order valence-corrected chi connectivity index (χ1v) is 11.9. The molecule has 1 aromatic carbocycles. The maximum absolute atomic E-state index is 14.6. The van der Waals surface area contributed by atoms with Gasteiger partial charge in [-0.2, -0.15) is 0 Å². The normalized spacial score (nSPS) is 15.2. The van der Waals surface area contributed by atoms with Crippen molar-refractivity contribution in [3.05, 3.63) is 56.1 Å². The van der Waals surface area contributed by atoms with Crippen molar-refractivity contribution in [2.45, 2.75) is 39.3 Å². The van der Waals surface area contributed by atoms with Crippen molar-refractivity contribution < 1.29 is 13.9 Å². The molecule has 154 valence electrons. The van der Waals surface area contributed by atoms with Gasteiger partial charge in [0.2, 0.25) is 0 Å². The summed E-state index contributed by atoms with van der Waals surface area (Å²) in [6.45, 7) is 4.29. The van der Waals surface area contributed by atoms with Crippen LogP contribution in [0.25, 0.3) is 22.3 Å². The van der Waals surface area contributed by atoms with Crippen molar-refractivity contribution >= 4 is 30.2 Å². The van der Waals surface area contributed by atoms with E-state index in [0.29, 0.717) is 28.9 Å². The van der Waals surface area contributed by atoms with Gasteiger partial charge in [-0.1, -0.05) is 0 Å². The van der Waals surface area contributed by atoms with Gasteiger partial charge in [0.05, 0.1) is 35.6 Å². The SMILES string of the molecule is COCc1c(P(C)C=O)cc2n(c1=O)Cc1c-2nc2cc(F)c(C)c3c2c1CCC3. The Morgan fingerprint density at radius 2 is 2.03 bits per heavy atom. The van der Waals surface area contributed by atoms with Crippen LogP contribution in [0.4, 0.5) is 4.39 Å². The number of aromatic nitrogens is 2. The number of rotatable bonds is 4. The molecule has 5 nitrogen and oxygen atoms in total. The Labute approximate surface area is 174 Å². The molecule has 3 heterocycles. The second-order valence-corrected chi connectivity index (χ2v) is 9.98. The average Bonchev–Trinajstić information content (AvgIpc) is 3.12. The maximum atomic E-state index is 14.6. The van der Waals surface area contributed by atoms with Crippen LogP contribution < -0.4 is 10.9 Å². The summed E-state index contributed by atoms with van der Waals surface area (Å²) >= 11 is 0. The van der Waals surface area contributed by atoms with Crippen LogP contribution >= 0.6 is 7.92 Å². The molecule has 0 spiro atoms. The number of benzene rings is 1. The zero-order valence-corrected chi connectivity index (χ0v) is 18.1. The van der Waals surface area contributed by atoms with Crippen molar-refractivity contribution in [1.29, 1.82) is 0 Å². The van der Waals surface area contributed by atoms with Crippen LogP contribution in [0.3, 0.4) is 0 Å². The van der Waals surface area contributed by atoms with Crippen molar-refractivity contribution in [3.8, 4) is 11.4 Å². The fourth-order valence-electron chi connectivity index (χ4n) is 4.95. The molecule has 1 aliphatic carbocycles. The Bertz CT molecular complexity index is 1300. The molecule has 30 heavy (non-hydrogen) atoms. The summed E-state index contributed by atoms with van der Waals surface area (Å²) in [6, 6.07) is 4.34. The van der Waals surface area contributed by atoms with Gasteiger partial charge in [-0.25, -0.2) is 9.37 Å². The molecule has 2 aromatic heterocycles. The summed E-state index contributed by atoms with van der Waals surface area (Å²) in [4.78, 5) is 29.7. The second kappa shape index (κ2) is 7.07. The van der Waals surface area contributed by atoms with E-state index in [1.807, 2.05) is 19.7 Å². The van der Waals surface area contributed by atoms with E-state index in [9.17, 15) is 14.0 Å². The summed E-state index contributed by atoms with van der Waals surface area (Å²) in [5, 5.41) is 1.79. The van der Waals surface area contributed by atoms with E-state index in [4.69, 9.17) is 9.72 Å². The number of halogens is 1. The second-order valence-electron chi connectivity index (χ2n) is 8.06. The number of fused-ring (bicyclic) bond motifs is 4. The molecule has 1 atom stereocenters. The number of hydrogen-bond acceptors (Lipinski definition) is 4. The van der Waals surface area contributed by atoms with E-state index < -0.39 is 7.92 Å². The molecule has 7 heteroatoms. The molecule has 1 unspecified atom stereocenters. The highest BCUT2D eigenvalue weighted by atomic mass is 31.1. The van der Waals surface area contributed by atoms with E-state index in [2.05, 4.69) is 0 Å². The number of pyridine rings is 2. The van der Waals surface area contributed by atoms with Crippen LogP contribution in [0.1, 0.15) is 34.2 Å². The number of nitrogens with zero attached hydrogens (tertiary/aromatic N) is 2. The molecule has 2 aliphatic rings. The fraction of sp³-hybridized carbons (Fsp3) is 0.348. The molecule has 3 aromatic rings. The third-order valence-electron chi connectivity index (χ3n) is 6.43. The Morgan fingerprint density at radius 1 is 1.27 bits per heavy atom. The van der Waals surface area contributed by atoms with Gasteiger partial charge in [0.25, 0.3) is 5.56 Å². The van der Waals surface area contributed by atoms with Crippen LogP contribution in [-0.4, -0.2) is 29.4 Å². The molecular formula is C23H22FN2O3P. The number of carbonyl (C=O) groups excluding carboxylic acids is 1. The van der Waals surface area contributed by atoms with Gasteiger partial charge in [0.1, 0.15) is 11.8 Å².